The summed E-state index contributed by atoms with van der Waals surface area (Å²) in [5.74, 6) is -1.45. The van der Waals surface area contributed by atoms with Crippen LogP contribution in [-0.4, -0.2) is 16.8 Å². The van der Waals surface area contributed by atoms with Gasteiger partial charge in [-0.25, -0.2) is 0 Å². The van der Waals surface area contributed by atoms with Crippen LogP contribution in [-0.2, 0) is 27.4 Å². The zero-order chi connectivity index (χ0) is 21.5. The molecule has 1 amide bonds. The van der Waals surface area contributed by atoms with E-state index < -0.39 is 22.7 Å². The molecule has 7 heteroatoms. The third kappa shape index (κ3) is 5.43. The number of rotatable bonds is 7. The lowest BCUT2D eigenvalue weighted by Gasteiger charge is -2.29. The number of hydrogen-bond acceptors (Lipinski definition) is 5. The Kier molecular flexibility index (Phi) is 7.17. The van der Waals surface area contributed by atoms with Gasteiger partial charge in [0.05, 0.1) is 16.8 Å². The van der Waals surface area contributed by atoms with Crippen LogP contribution in [0.5, 0.6) is 0 Å². The van der Waals surface area contributed by atoms with Crippen molar-refractivity contribution in [2.24, 2.45) is 11.8 Å². The normalized spacial score (nSPS) is 18.4. The van der Waals surface area contributed by atoms with Crippen molar-refractivity contribution in [3.63, 3.8) is 0 Å². The van der Waals surface area contributed by atoms with Gasteiger partial charge >= 0.3 is 5.97 Å². The summed E-state index contributed by atoms with van der Waals surface area (Å²) in [5, 5.41) is 13.7. The monoisotopic (exact) mass is 410 g/mol. The highest BCUT2D eigenvalue weighted by molar-refractivity contribution is 5.95. The van der Waals surface area contributed by atoms with Gasteiger partial charge in [-0.05, 0) is 54.7 Å². The molecule has 0 unspecified atom stereocenters. The number of esters is 1. The van der Waals surface area contributed by atoms with E-state index in [1.165, 1.54) is 17.7 Å². The molecule has 1 N–H and O–H groups in total. The van der Waals surface area contributed by atoms with E-state index in [0.29, 0.717) is 18.4 Å². The fourth-order valence-electron chi connectivity index (χ4n) is 3.76. The van der Waals surface area contributed by atoms with Crippen molar-refractivity contribution in [2.45, 2.75) is 45.6 Å². The summed E-state index contributed by atoms with van der Waals surface area (Å²) < 4.78 is 5.44. The smallest absolute Gasteiger partial charge is 0.310 e. The number of anilines is 1. The quantitative estimate of drug-likeness (QED) is 0.407. The summed E-state index contributed by atoms with van der Waals surface area (Å²) in [7, 11) is 0. The first kappa shape index (κ1) is 21.5. The molecular weight excluding hydrogens is 384 g/mol. The average Bonchev–Trinajstić information content (AvgIpc) is 2.78. The molecule has 0 bridgehead atoms. The molecule has 1 aliphatic rings. The van der Waals surface area contributed by atoms with Gasteiger partial charge in [0.1, 0.15) is 6.61 Å². The van der Waals surface area contributed by atoms with Crippen molar-refractivity contribution in [3.05, 3.63) is 69.8 Å². The maximum atomic E-state index is 12.8. The topological polar surface area (TPSA) is 98.5 Å². The van der Waals surface area contributed by atoms with Gasteiger partial charge in [-0.2, -0.15) is 0 Å². The Morgan fingerprint density at radius 3 is 2.20 bits per heavy atom. The predicted octanol–water partition coefficient (Wildman–Crippen LogP) is 4.65. The van der Waals surface area contributed by atoms with E-state index in [0.717, 1.165) is 24.9 Å². The number of nitro groups is 1. The molecule has 0 saturated heterocycles. The predicted molar refractivity (Wildman–Crippen MR) is 113 cm³/mol. The minimum Gasteiger partial charge on any atom is -0.461 e. The number of nitro benzene ring substituents is 1. The maximum absolute atomic E-state index is 12.8. The number of carbonyl (C=O) groups is 2. The minimum atomic E-state index is -0.480. The highest BCUT2D eigenvalue weighted by Crippen LogP contribution is 2.32. The van der Waals surface area contributed by atoms with Crippen molar-refractivity contribution in [1.82, 2.24) is 0 Å². The molecule has 0 spiro atoms. The van der Waals surface area contributed by atoms with E-state index in [1.54, 1.807) is 12.1 Å². The Bertz CT molecular complexity index is 893. The fourth-order valence-corrected chi connectivity index (χ4v) is 3.76. The second-order valence-electron chi connectivity index (χ2n) is 7.57. The van der Waals surface area contributed by atoms with Gasteiger partial charge in [0, 0.05) is 17.8 Å². The average molecular weight is 410 g/mol. The zero-order valence-electron chi connectivity index (χ0n) is 17.0. The number of aryl methyl sites for hydroxylation is 1. The number of amides is 1. The van der Waals surface area contributed by atoms with Crippen LogP contribution in [0.1, 0.15) is 43.7 Å². The van der Waals surface area contributed by atoms with Crippen molar-refractivity contribution in [1.29, 1.82) is 0 Å². The molecule has 2 atom stereocenters. The molecule has 0 aliphatic heterocycles. The summed E-state index contributed by atoms with van der Waals surface area (Å²) >= 11 is 0. The number of non-ortho nitro benzene ring substituents is 1. The number of carbonyl (C=O) groups excluding carboxylic acids is 2. The van der Waals surface area contributed by atoms with Crippen LogP contribution in [0.2, 0.25) is 0 Å². The summed E-state index contributed by atoms with van der Waals surface area (Å²) in [6.45, 7) is 2.10. The van der Waals surface area contributed by atoms with Crippen LogP contribution in [0.4, 0.5) is 11.4 Å². The van der Waals surface area contributed by atoms with Crippen LogP contribution in [0.25, 0.3) is 0 Å². The maximum Gasteiger partial charge on any atom is 0.310 e. The van der Waals surface area contributed by atoms with E-state index in [-0.39, 0.29) is 18.2 Å². The number of hydrogen-bond donors (Lipinski definition) is 1. The Morgan fingerprint density at radius 1 is 1.00 bits per heavy atom. The lowest BCUT2D eigenvalue weighted by atomic mass is 9.78. The second-order valence-corrected chi connectivity index (χ2v) is 7.57. The first-order valence-corrected chi connectivity index (χ1v) is 10.3. The van der Waals surface area contributed by atoms with Gasteiger partial charge < -0.3 is 10.1 Å². The summed E-state index contributed by atoms with van der Waals surface area (Å²) in [4.78, 5) is 35.8. The summed E-state index contributed by atoms with van der Waals surface area (Å²) in [5.41, 5.74) is 2.57. The zero-order valence-corrected chi connectivity index (χ0v) is 17.0. The minimum absolute atomic E-state index is 0.0129. The molecule has 1 fully saturated rings. The van der Waals surface area contributed by atoms with Crippen molar-refractivity contribution in [2.75, 3.05) is 5.32 Å². The van der Waals surface area contributed by atoms with E-state index in [4.69, 9.17) is 4.74 Å². The Hall–Kier alpha value is -3.22. The van der Waals surface area contributed by atoms with Crippen LogP contribution in [0.3, 0.4) is 0 Å². The van der Waals surface area contributed by atoms with Gasteiger partial charge in [0.15, 0.2) is 0 Å². The first-order valence-electron chi connectivity index (χ1n) is 10.3. The lowest BCUT2D eigenvalue weighted by molar-refractivity contribution is -0.384. The fraction of sp³-hybridized carbons (Fsp3) is 0.391. The molecule has 0 aromatic heterocycles. The standard InChI is InChI=1S/C23H26N2O5/c1-2-16-7-11-18(12-8-16)24-22(26)20-5-3-4-6-21(20)23(27)30-15-17-9-13-19(14-10-17)25(28)29/h7-14,20-21H,2-6,15H2,1H3,(H,24,26)/t20-,21+/m0/s1. The molecular formula is C23H26N2O5. The Morgan fingerprint density at radius 2 is 1.60 bits per heavy atom. The van der Waals surface area contributed by atoms with E-state index in [2.05, 4.69) is 12.2 Å². The summed E-state index contributed by atoms with van der Waals surface area (Å²) in [6.07, 6.45) is 3.98. The Labute approximate surface area is 175 Å². The van der Waals surface area contributed by atoms with E-state index >= 15 is 0 Å². The van der Waals surface area contributed by atoms with Crippen molar-refractivity contribution >= 4 is 23.3 Å². The lowest BCUT2D eigenvalue weighted by Crippen LogP contribution is -2.37. The molecule has 2 aromatic carbocycles. The third-order valence-electron chi connectivity index (χ3n) is 5.56. The third-order valence-corrected chi connectivity index (χ3v) is 5.56. The number of nitrogens with zero attached hydrogens (tertiary/aromatic N) is 1. The van der Waals surface area contributed by atoms with Crippen LogP contribution in [0.15, 0.2) is 48.5 Å². The molecule has 2 aromatic rings. The highest BCUT2D eigenvalue weighted by Gasteiger charge is 2.36. The molecule has 7 nitrogen and oxygen atoms in total. The molecule has 1 saturated carbocycles. The number of ether oxygens (including phenoxy) is 1. The highest BCUT2D eigenvalue weighted by atomic mass is 16.6. The van der Waals surface area contributed by atoms with E-state index in [1.807, 2.05) is 24.3 Å². The first-order chi connectivity index (χ1) is 14.5. The molecule has 0 heterocycles. The van der Waals surface area contributed by atoms with Gasteiger partial charge in [0.25, 0.3) is 5.69 Å². The van der Waals surface area contributed by atoms with Gasteiger partial charge in [-0.1, -0.05) is 31.9 Å². The number of benzene rings is 2. The van der Waals surface area contributed by atoms with Crippen molar-refractivity contribution in [3.8, 4) is 0 Å². The van der Waals surface area contributed by atoms with Crippen LogP contribution in [0, 0.1) is 22.0 Å². The molecule has 158 valence electrons. The van der Waals surface area contributed by atoms with Gasteiger partial charge in [-0.15, -0.1) is 0 Å². The van der Waals surface area contributed by atoms with Crippen LogP contribution < -0.4 is 5.32 Å². The van der Waals surface area contributed by atoms with Gasteiger partial charge in [-0.3, -0.25) is 19.7 Å². The van der Waals surface area contributed by atoms with Crippen molar-refractivity contribution < 1.29 is 19.2 Å². The van der Waals surface area contributed by atoms with E-state index in [9.17, 15) is 19.7 Å². The molecule has 1 aliphatic carbocycles. The molecule has 0 radical (unpaired) electrons. The summed E-state index contributed by atoms with van der Waals surface area (Å²) in [6, 6.07) is 13.6. The number of nitrogens with one attached hydrogen (secondary N) is 1. The second kappa shape index (κ2) is 10.0. The Balaban J connectivity index is 1.59. The van der Waals surface area contributed by atoms with Gasteiger partial charge in [0.2, 0.25) is 5.91 Å². The largest absolute Gasteiger partial charge is 0.461 e. The molecule has 3 rings (SSSR count). The van der Waals surface area contributed by atoms with Crippen LogP contribution >= 0.6 is 0 Å². The molecule has 30 heavy (non-hydrogen) atoms. The SMILES string of the molecule is CCc1ccc(NC(=O)[C@H]2CCCC[C@H]2C(=O)OCc2ccc([N+](=O)[O-])cc2)cc1.